The molecule has 6 nitrogen and oxygen atoms in total. The van der Waals surface area contributed by atoms with Gasteiger partial charge in [0.15, 0.2) is 0 Å². The molecule has 3 rings (SSSR count). The van der Waals surface area contributed by atoms with Crippen LogP contribution in [-0.2, 0) is 10.3 Å². The molecule has 0 fully saturated rings. The van der Waals surface area contributed by atoms with E-state index in [4.69, 9.17) is 13.9 Å². The highest BCUT2D eigenvalue weighted by Gasteiger charge is 2.38. The van der Waals surface area contributed by atoms with Gasteiger partial charge in [0.25, 0.3) is 0 Å². The van der Waals surface area contributed by atoms with Gasteiger partial charge in [0, 0.05) is 5.56 Å². The Labute approximate surface area is 115 Å². The van der Waals surface area contributed by atoms with Crippen LogP contribution >= 0.6 is 0 Å². The van der Waals surface area contributed by atoms with Gasteiger partial charge in [0.2, 0.25) is 0 Å². The van der Waals surface area contributed by atoms with Crippen LogP contribution in [-0.4, -0.2) is 16.9 Å². The molecule has 1 aliphatic heterocycles. The second-order valence-corrected chi connectivity index (χ2v) is 5.26. The number of methoxy groups -OCH3 is 1. The van der Waals surface area contributed by atoms with Crippen LogP contribution in [0.4, 0.5) is 0 Å². The Hall–Kier alpha value is -2.08. The lowest BCUT2D eigenvalue weighted by Crippen LogP contribution is -2.17. The number of hydrogen-bond acceptors (Lipinski definition) is 5. The highest BCUT2D eigenvalue weighted by Crippen LogP contribution is 2.45. The Bertz CT molecular complexity index is 714. The maximum absolute atomic E-state index is 11.9. The largest absolute Gasteiger partial charge is 0.452 e. The smallest absolute Gasteiger partial charge is 0.444 e. The van der Waals surface area contributed by atoms with Gasteiger partial charge in [-0.3, -0.25) is 0 Å². The third-order valence-corrected chi connectivity index (χ3v) is 3.54. The number of hydrogen-bond donors (Lipinski definition) is 0. The Morgan fingerprint density at radius 1 is 1.40 bits per heavy atom. The number of fused-ring (bicyclic) bond motifs is 1. The van der Waals surface area contributed by atoms with Crippen LogP contribution in [0, 0.1) is 0 Å². The fourth-order valence-electron chi connectivity index (χ4n) is 2.75. The molecule has 20 heavy (non-hydrogen) atoms. The van der Waals surface area contributed by atoms with Crippen molar-refractivity contribution in [3.8, 4) is 11.8 Å². The van der Waals surface area contributed by atoms with E-state index in [0.717, 1.165) is 11.1 Å². The quantitative estimate of drug-likeness (QED) is 0.841. The fraction of sp³-hybridized carbons (Fsp3) is 0.429. The molecule has 0 amide bonds. The molecule has 0 bridgehead atoms. The number of ether oxygens (including phenoxy) is 2. The topological polar surface area (TPSA) is 66.5 Å². The first-order valence-electron chi connectivity index (χ1n) is 6.40. The minimum absolute atomic E-state index is 0.0570. The molecular formula is C14H16N2O4. The summed E-state index contributed by atoms with van der Waals surface area (Å²) in [5, 5.41) is 4.02. The Balaban J connectivity index is 2.24. The highest BCUT2D eigenvalue weighted by molar-refractivity contribution is 5.50. The Morgan fingerprint density at radius 2 is 2.15 bits per heavy atom. The Morgan fingerprint density at radius 3 is 2.80 bits per heavy atom. The second kappa shape index (κ2) is 4.21. The van der Waals surface area contributed by atoms with Gasteiger partial charge in [-0.15, -0.1) is 0 Å². The fourth-order valence-corrected chi connectivity index (χ4v) is 2.75. The molecule has 106 valence electrons. The molecule has 0 aliphatic carbocycles. The zero-order chi connectivity index (χ0) is 14.5. The van der Waals surface area contributed by atoms with E-state index in [1.807, 2.05) is 39.0 Å². The lowest BCUT2D eigenvalue weighted by Gasteiger charge is -2.19. The van der Waals surface area contributed by atoms with Gasteiger partial charge < -0.3 is 13.9 Å². The second-order valence-electron chi connectivity index (χ2n) is 5.26. The van der Waals surface area contributed by atoms with Gasteiger partial charge in [0.1, 0.15) is 0 Å². The summed E-state index contributed by atoms with van der Waals surface area (Å²) in [5.74, 6) is -0.577. The summed E-state index contributed by atoms with van der Waals surface area (Å²) in [4.78, 5) is 11.9. The number of nitrogens with zero attached hydrogens (tertiary/aromatic N) is 2. The molecule has 1 aliphatic rings. The summed E-state index contributed by atoms with van der Waals surface area (Å²) in [6.07, 6.45) is -0.177. The van der Waals surface area contributed by atoms with Crippen molar-refractivity contribution in [2.45, 2.75) is 32.5 Å². The van der Waals surface area contributed by atoms with Crippen molar-refractivity contribution in [3.05, 3.63) is 39.9 Å². The van der Waals surface area contributed by atoms with Crippen LogP contribution in [0.5, 0.6) is 6.08 Å². The molecule has 1 aromatic carbocycles. The number of aromatic nitrogens is 2. The van der Waals surface area contributed by atoms with Crippen LogP contribution in [0.1, 0.15) is 38.0 Å². The highest BCUT2D eigenvalue weighted by atomic mass is 16.6. The SMILES string of the molecule is COc1nn(-c2cccc3c2C(C)OC3(C)C)c(=O)o1. The van der Waals surface area contributed by atoms with Crippen molar-refractivity contribution in [2.24, 2.45) is 0 Å². The van der Waals surface area contributed by atoms with Gasteiger partial charge in [-0.1, -0.05) is 17.2 Å². The number of rotatable bonds is 2. The van der Waals surface area contributed by atoms with Crippen molar-refractivity contribution >= 4 is 0 Å². The average Bonchev–Trinajstić information content (AvgIpc) is 2.88. The van der Waals surface area contributed by atoms with Crippen LogP contribution in [0.25, 0.3) is 5.69 Å². The Kier molecular flexibility index (Phi) is 2.72. The maximum Gasteiger partial charge on any atom is 0.444 e. The first-order valence-corrected chi connectivity index (χ1v) is 6.40. The van der Waals surface area contributed by atoms with E-state index in [0.29, 0.717) is 5.69 Å². The van der Waals surface area contributed by atoms with E-state index in [1.54, 1.807) is 0 Å². The van der Waals surface area contributed by atoms with Crippen molar-refractivity contribution in [1.82, 2.24) is 9.78 Å². The molecular weight excluding hydrogens is 260 g/mol. The van der Waals surface area contributed by atoms with Crippen LogP contribution < -0.4 is 10.5 Å². The van der Waals surface area contributed by atoms with Gasteiger partial charge in [0.05, 0.1) is 24.5 Å². The average molecular weight is 276 g/mol. The first kappa shape index (κ1) is 12.9. The van der Waals surface area contributed by atoms with Crippen LogP contribution in [0.2, 0.25) is 0 Å². The van der Waals surface area contributed by atoms with Gasteiger partial charge >= 0.3 is 11.8 Å². The number of benzene rings is 1. The summed E-state index contributed by atoms with van der Waals surface area (Å²) in [5.41, 5.74) is 2.28. The molecule has 0 saturated heterocycles. The van der Waals surface area contributed by atoms with Crippen molar-refractivity contribution in [3.63, 3.8) is 0 Å². The zero-order valence-corrected chi connectivity index (χ0v) is 11.8. The maximum atomic E-state index is 11.9. The zero-order valence-electron chi connectivity index (χ0n) is 11.8. The molecule has 1 aromatic heterocycles. The van der Waals surface area contributed by atoms with Crippen molar-refractivity contribution < 1.29 is 13.9 Å². The van der Waals surface area contributed by atoms with E-state index in [1.165, 1.54) is 11.8 Å². The van der Waals surface area contributed by atoms with E-state index in [9.17, 15) is 4.79 Å². The first-order chi connectivity index (χ1) is 9.44. The third-order valence-electron chi connectivity index (χ3n) is 3.54. The summed E-state index contributed by atoms with van der Waals surface area (Å²) in [6.45, 7) is 5.97. The molecule has 1 atom stereocenters. The van der Waals surface area contributed by atoms with Gasteiger partial charge in [-0.05, 0) is 32.4 Å². The molecule has 6 heteroatoms. The monoisotopic (exact) mass is 276 g/mol. The summed E-state index contributed by atoms with van der Waals surface area (Å²) < 4.78 is 16.9. The van der Waals surface area contributed by atoms with Gasteiger partial charge in [-0.25, -0.2) is 4.79 Å². The van der Waals surface area contributed by atoms with E-state index >= 15 is 0 Å². The van der Waals surface area contributed by atoms with Gasteiger partial charge in [-0.2, -0.15) is 4.68 Å². The summed E-state index contributed by atoms with van der Waals surface area (Å²) in [6, 6.07) is 5.71. The van der Waals surface area contributed by atoms with E-state index < -0.39 is 5.76 Å². The molecule has 2 heterocycles. The molecule has 0 saturated carbocycles. The normalized spacial score (nSPS) is 19.9. The summed E-state index contributed by atoms with van der Waals surface area (Å²) in [7, 11) is 1.40. The predicted octanol–water partition coefficient (Wildman–Crippen LogP) is 2.16. The van der Waals surface area contributed by atoms with E-state index in [2.05, 4.69) is 5.10 Å². The van der Waals surface area contributed by atoms with Crippen LogP contribution in [0.15, 0.2) is 27.4 Å². The molecule has 0 spiro atoms. The standard InChI is InChI=1S/C14H16N2O4/c1-8-11-9(14(2,3)20-8)6-5-7-10(11)16-13(17)19-12(15-16)18-4/h5-8H,1-4H3. The van der Waals surface area contributed by atoms with Crippen molar-refractivity contribution in [2.75, 3.05) is 7.11 Å². The third kappa shape index (κ3) is 1.76. The minimum atomic E-state index is -0.577. The molecule has 1 unspecified atom stereocenters. The lowest BCUT2D eigenvalue weighted by atomic mass is 9.93. The molecule has 0 radical (unpaired) electrons. The lowest BCUT2D eigenvalue weighted by molar-refractivity contribution is -0.0435. The summed E-state index contributed by atoms with van der Waals surface area (Å²) >= 11 is 0. The van der Waals surface area contributed by atoms with Crippen LogP contribution in [0.3, 0.4) is 0 Å². The van der Waals surface area contributed by atoms with Crippen molar-refractivity contribution in [1.29, 1.82) is 0 Å². The predicted molar refractivity (Wildman–Crippen MR) is 71.2 cm³/mol. The minimum Gasteiger partial charge on any atom is -0.452 e. The van der Waals surface area contributed by atoms with E-state index in [-0.39, 0.29) is 17.8 Å². The molecule has 0 N–H and O–H groups in total. The molecule has 2 aromatic rings.